The highest BCUT2D eigenvalue weighted by Gasteiger charge is 2.35. The van der Waals surface area contributed by atoms with Crippen molar-refractivity contribution in [3.8, 4) is 5.75 Å². The summed E-state index contributed by atoms with van der Waals surface area (Å²) in [5, 5.41) is 9.97. The van der Waals surface area contributed by atoms with Crippen LogP contribution < -0.4 is 10.2 Å². The Balaban J connectivity index is 1.57. The van der Waals surface area contributed by atoms with Gasteiger partial charge in [0.2, 0.25) is 5.91 Å². The molecule has 2 aliphatic heterocycles. The molecule has 8 heteroatoms. The molecule has 2 N–H and O–H groups in total. The quantitative estimate of drug-likeness (QED) is 0.472. The molecular weight excluding hydrogens is 422 g/mol. The number of benzene rings is 2. The minimum atomic E-state index is -0.613. The minimum Gasteiger partial charge on any atom is -0.491 e. The van der Waals surface area contributed by atoms with E-state index in [1.54, 1.807) is 29.9 Å². The van der Waals surface area contributed by atoms with Gasteiger partial charge in [-0.3, -0.25) is 19.8 Å². The van der Waals surface area contributed by atoms with Crippen LogP contribution in [0.2, 0.25) is 0 Å². The normalized spacial score (nSPS) is 18.8. The topological polar surface area (TPSA) is 101 Å². The molecule has 0 unspecified atom stereocenters. The van der Waals surface area contributed by atoms with Crippen LogP contribution in [0.25, 0.3) is 10.9 Å². The molecule has 0 radical (unpaired) electrons. The highest BCUT2D eigenvalue weighted by Crippen LogP contribution is 2.36. The summed E-state index contributed by atoms with van der Waals surface area (Å²) >= 11 is 0. The van der Waals surface area contributed by atoms with Crippen LogP contribution in [0, 0.1) is 5.92 Å². The third-order valence-electron chi connectivity index (χ3n) is 6.44. The Morgan fingerprint density at radius 2 is 1.94 bits per heavy atom. The highest BCUT2D eigenvalue weighted by molar-refractivity contribution is 5.94. The van der Waals surface area contributed by atoms with Crippen LogP contribution in [0.1, 0.15) is 40.4 Å². The molecule has 1 aromatic heterocycles. The molecule has 5 rings (SSSR count). The molecule has 3 heterocycles. The Bertz CT molecular complexity index is 1190. The van der Waals surface area contributed by atoms with Crippen LogP contribution in [-0.2, 0) is 16.1 Å². The second-order valence-corrected chi connectivity index (χ2v) is 8.36. The summed E-state index contributed by atoms with van der Waals surface area (Å²) < 4.78 is 11.6. The van der Waals surface area contributed by atoms with E-state index >= 15 is 0 Å². The number of amides is 2. The number of carbonyl (C=O) groups excluding carboxylic acids is 2. The third kappa shape index (κ3) is 4.15. The summed E-state index contributed by atoms with van der Waals surface area (Å²) in [6, 6.07) is 14.5. The van der Waals surface area contributed by atoms with Crippen molar-refractivity contribution in [1.82, 2.24) is 15.4 Å². The Kier molecular flexibility index (Phi) is 5.93. The Morgan fingerprint density at radius 1 is 1.09 bits per heavy atom. The molecule has 1 fully saturated rings. The molecule has 1 saturated heterocycles. The van der Waals surface area contributed by atoms with E-state index in [1.807, 2.05) is 35.2 Å². The lowest BCUT2D eigenvalue weighted by Crippen LogP contribution is -2.41. The summed E-state index contributed by atoms with van der Waals surface area (Å²) in [5.74, 6) is -0.104. The molecule has 0 spiro atoms. The van der Waals surface area contributed by atoms with E-state index in [0.29, 0.717) is 38.3 Å². The molecule has 2 aliphatic rings. The second-order valence-electron chi connectivity index (χ2n) is 8.36. The van der Waals surface area contributed by atoms with Gasteiger partial charge in [0, 0.05) is 41.8 Å². The van der Waals surface area contributed by atoms with E-state index in [0.717, 1.165) is 22.0 Å². The van der Waals surface area contributed by atoms with Crippen LogP contribution in [-0.4, -0.2) is 46.7 Å². The van der Waals surface area contributed by atoms with Gasteiger partial charge in [0.1, 0.15) is 12.4 Å². The minimum absolute atomic E-state index is 0.0813. The van der Waals surface area contributed by atoms with Crippen molar-refractivity contribution in [3.63, 3.8) is 0 Å². The predicted molar refractivity (Wildman–Crippen MR) is 120 cm³/mol. The van der Waals surface area contributed by atoms with E-state index in [1.165, 1.54) is 0 Å². The van der Waals surface area contributed by atoms with Gasteiger partial charge in [-0.2, -0.15) is 0 Å². The molecule has 0 saturated carbocycles. The first-order valence-electron chi connectivity index (χ1n) is 11.1. The van der Waals surface area contributed by atoms with Gasteiger partial charge in [0.25, 0.3) is 5.91 Å². The number of fused-ring (bicyclic) bond motifs is 2. The van der Waals surface area contributed by atoms with Gasteiger partial charge < -0.3 is 14.4 Å². The number of pyridine rings is 1. The standard InChI is InChI=1S/C25H25N3O5/c29-24(27-31)17-6-7-18-14-28(25(30)16-8-11-32-12-9-16)22(15-33-23(18)13-17)20-3-1-5-21-19(20)4-2-10-26-21/h1-7,10,13,16,22,31H,8-9,11-12,14-15H2,(H,27,29)/t22-/m0/s1. The van der Waals surface area contributed by atoms with Crippen LogP contribution >= 0.6 is 0 Å². The zero-order valence-corrected chi connectivity index (χ0v) is 18.1. The number of hydrogen-bond acceptors (Lipinski definition) is 6. The third-order valence-corrected chi connectivity index (χ3v) is 6.44. The Labute approximate surface area is 191 Å². The monoisotopic (exact) mass is 447 g/mol. The molecular formula is C25H25N3O5. The molecule has 3 aromatic rings. The highest BCUT2D eigenvalue weighted by atomic mass is 16.5. The van der Waals surface area contributed by atoms with Crippen LogP contribution in [0.15, 0.2) is 54.7 Å². The van der Waals surface area contributed by atoms with Crippen LogP contribution in [0.4, 0.5) is 0 Å². The van der Waals surface area contributed by atoms with Gasteiger partial charge >= 0.3 is 0 Å². The van der Waals surface area contributed by atoms with Crippen molar-refractivity contribution in [1.29, 1.82) is 0 Å². The van der Waals surface area contributed by atoms with Gasteiger partial charge in [-0.15, -0.1) is 0 Å². The van der Waals surface area contributed by atoms with E-state index in [9.17, 15) is 9.59 Å². The number of hydrogen-bond donors (Lipinski definition) is 2. The van der Waals surface area contributed by atoms with Crippen LogP contribution in [0.5, 0.6) is 5.75 Å². The molecule has 2 aromatic carbocycles. The number of hydroxylamine groups is 1. The van der Waals surface area contributed by atoms with Gasteiger partial charge in [-0.1, -0.05) is 24.3 Å². The summed E-state index contributed by atoms with van der Waals surface area (Å²) in [6.07, 6.45) is 3.15. The van der Waals surface area contributed by atoms with Crippen LogP contribution in [0.3, 0.4) is 0 Å². The maximum atomic E-state index is 13.8. The number of rotatable bonds is 3. The van der Waals surface area contributed by atoms with Gasteiger partial charge in [0.15, 0.2) is 0 Å². The zero-order valence-electron chi connectivity index (χ0n) is 18.1. The first kappa shape index (κ1) is 21.4. The maximum Gasteiger partial charge on any atom is 0.274 e. The van der Waals surface area contributed by atoms with Gasteiger partial charge in [-0.05, 0) is 42.7 Å². The SMILES string of the molecule is O=C(NO)c1ccc2c(c1)OC[C@@H](c1cccc3ncccc13)N(C(=O)C1CCOCC1)C2. The summed E-state index contributed by atoms with van der Waals surface area (Å²) in [6.45, 7) is 1.76. The van der Waals surface area contributed by atoms with Crippen molar-refractivity contribution in [3.05, 3.63) is 71.4 Å². The van der Waals surface area contributed by atoms with Crippen molar-refractivity contribution in [2.24, 2.45) is 5.92 Å². The molecule has 0 bridgehead atoms. The molecule has 8 nitrogen and oxygen atoms in total. The lowest BCUT2D eigenvalue weighted by atomic mass is 9.94. The van der Waals surface area contributed by atoms with E-state index in [4.69, 9.17) is 14.7 Å². The molecule has 0 aliphatic carbocycles. The van der Waals surface area contributed by atoms with Crippen molar-refractivity contribution < 1.29 is 24.3 Å². The summed E-state index contributed by atoms with van der Waals surface area (Å²) in [5.41, 5.74) is 4.58. The predicted octanol–water partition coefficient (Wildman–Crippen LogP) is 3.24. The zero-order chi connectivity index (χ0) is 22.8. The first-order chi connectivity index (χ1) is 16.2. The molecule has 33 heavy (non-hydrogen) atoms. The fourth-order valence-corrected chi connectivity index (χ4v) is 4.66. The lowest BCUT2D eigenvalue weighted by Gasteiger charge is -2.34. The van der Waals surface area contributed by atoms with Crippen molar-refractivity contribution >= 4 is 22.7 Å². The fraction of sp³-hybridized carbons (Fsp3) is 0.320. The molecule has 2 amide bonds. The lowest BCUT2D eigenvalue weighted by molar-refractivity contribution is -0.142. The number of ether oxygens (including phenoxy) is 2. The average Bonchev–Trinajstić information content (AvgIpc) is 3.07. The number of carbonyl (C=O) groups is 2. The average molecular weight is 447 g/mol. The summed E-state index contributed by atoms with van der Waals surface area (Å²) in [4.78, 5) is 32.0. The smallest absolute Gasteiger partial charge is 0.274 e. The molecule has 1 atom stereocenters. The number of nitrogens with one attached hydrogen (secondary N) is 1. The second kappa shape index (κ2) is 9.17. The van der Waals surface area contributed by atoms with Crippen molar-refractivity contribution in [2.45, 2.75) is 25.4 Å². The van der Waals surface area contributed by atoms with Gasteiger partial charge in [0.05, 0.1) is 18.1 Å². The Morgan fingerprint density at radius 3 is 2.76 bits per heavy atom. The first-order valence-corrected chi connectivity index (χ1v) is 11.1. The maximum absolute atomic E-state index is 13.8. The van der Waals surface area contributed by atoms with Gasteiger partial charge in [-0.25, -0.2) is 5.48 Å². The van der Waals surface area contributed by atoms with E-state index < -0.39 is 5.91 Å². The number of nitrogens with zero attached hydrogens (tertiary/aromatic N) is 2. The Hall–Kier alpha value is -3.49. The fourth-order valence-electron chi connectivity index (χ4n) is 4.66. The van der Waals surface area contributed by atoms with E-state index in [2.05, 4.69) is 4.98 Å². The van der Waals surface area contributed by atoms with Crippen molar-refractivity contribution in [2.75, 3.05) is 19.8 Å². The largest absolute Gasteiger partial charge is 0.491 e. The summed E-state index contributed by atoms with van der Waals surface area (Å²) in [7, 11) is 0. The number of aromatic nitrogens is 1. The molecule has 170 valence electrons. The van der Waals surface area contributed by atoms with E-state index in [-0.39, 0.29) is 30.0 Å².